The molecule has 16 heavy (non-hydrogen) atoms. The average Bonchev–Trinajstić information content (AvgIpc) is 2.12. The molecule has 0 aliphatic rings. The zero-order chi connectivity index (χ0) is 12.9. The van der Waals surface area contributed by atoms with Gasteiger partial charge in [0, 0.05) is 12.0 Å². The largest absolute Gasteiger partial charge is 0.414 e. The van der Waals surface area contributed by atoms with Crippen molar-refractivity contribution in [3.8, 4) is 0 Å². The van der Waals surface area contributed by atoms with Crippen LogP contribution in [-0.4, -0.2) is 20.7 Å². The monoisotopic (exact) mass is 244 g/mol. The van der Waals surface area contributed by atoms with Gasteiger partial charge in [0.2, 0.25) is 0 Å². The van der Waals surface area contributed by atoms with Crippen LogP contribution in [0, 0.1) is 17.8 Å². The van der Waals surface area contributed by atoms with Gasteiger partial charge in [-0.2, -0.15) is 0 Å². The van der Waals surface area contributed by atoms with Gasteiger partial charge in [0.15, 0.2) is 8.32 Å². The summed E-state index contributed by atoms with van der Waals surface area (Å²) in [6.07, 6.45) is 2.26. The van der Waals surface area contributed by atoms with Crippen molar-refractivity contribution in [2.45, 2.75) is 59.9 Å². The van der Waals surface area contributed by atoms with Gasteiger partial charge >= 0.3 is 0 Å². The van der Waals surface area contributed by atoms with Crippen LogP contribution in [-0.2, 0) is 9.22 Å². The number of hydrogen-bond acceptors (Lipinski definition) is 2. The third-order valence-electron chi connectivity index (χ3n) is 2.68. The maximum Gasteiger partial charge on any atom is 0.184 e. The zero-order valence-electron chi connectivity index (χ0n) is 11.9. The van der Waals surface area contributed by atoms with Crippen LogP contribution in [0.25, 0.3) is 0 Å². The maximum atomic E-state index is 10.7. The molecule has 0 amide bonds. The Hall–Kier alpha value is -0.153. The minimum atomic E-state index is -1.50. The van der Waals surface area contributed by atoms with E-state index in [0.717, 1.165) is 12.7 Å². The van der Waals surface area contributed by atoms with E-state index in [1.165, 1.54) is 0 Å². The van der Waals surface area contributed by atoms with Crippen molar-refractivity contribution in [3.05, 3.63) is 0 Å². The van der Waals surface area contributed by atoms with Crippen molar-refractivity contribution in [2.75, 3.05) is 0 Å². The molecule has 0 N–H and O–H groups in total. The number of carbonyl (C=O) groups is 1. The molecule has 0 aliphatic carbocycles. The Bertz CT molecular complexity index is 208. The van der Waals surface area contributed by atoms with Gasteiger partial charge in [-0.05, 0) is 37.9 Å². The fourth-order valence-electron chi connectivity index (χ4n) is 2.09. The summed E-state index contributed by atoms with van der Waals surface area (Å²) in [6, 6.07) is 0. The third-order valence-corrected chi connectivity index (χ3v) is 3.66. The Morgan fingerprint density at radius 2 is 1.62 bits per heavy atom. The Morgan fingerprint density at radius 3 is 1.94 bits per heavy atom. The van der Waals surface area contributed by atoms with Gasteiger partial charge in [-0.3, -0.25) is 0 Å². The number of aldehydes is 1. The van der Waals surface area contributed by atoms with Gasteiger partial charge in [-0.25, -0.2) is 0 Å². The van der Waals surface area contributed by atoms with E-state index >= 15 is 0 Å². The second-order valence-electron chi connectivity index (χ2n) is 6.27. The molecule has 0 aliphatic heterocycles. The highest BCUT2D eigenvalue weighted by Crippen LogP contribution is 2.25. The van der Waals surface area contributed by atoms with Crippen LogP contribution in [0.2, 0.25) is 19.6 Å². The molecule has 0 aromatic carbocycles. The first-order valence-electron chi connectivity index (χ1n) is 6.30. The molecular weight excluding hydrogens is 216 g/mol. The quantitative estimate of drug-likeness (QED) is 0.504. The molecule has 0 aromatic heterocycles. The van der Waals surface area contributed by atoms with E-state index in [9.17, 15) is 4.79 Å². The lowest BCUT2D eigenvalue weighted by molar-refractivity contribution is -0.111. The molecule has 96 valence electrons. The Labute approximate surface area is 102 Å². The van der Waals surface area contributed by atoms with Crippen molar-refractivity contribution in [1.82, 2.24) is 0 Å². The van der Waals surface area contributed by atoms with Gasteiger partial charge in [-0.1, -0.05) is 27.7 Å². The first-order chi connectivity index (χ1) is 7.17. The van der Waals surface area contributed by atoms with Crippen molar-refractivity contribution in [1.29, 1.82) is 0 Å². The summed E-state index contributed by atoms with van der Waals surface area (Å²) >= 11 is 0. The van der Waals surface area contributed by atoms with Crippen LogP contribution < -0.4 is 0 Å². The van der Waals surface area contributed by atoms with Crippen molar-refractivity contribution >= 4 is 14.6 Å². The maximum absolute atomic E-state index is 10.7. The molecular formula is C13H28O2Si. The van der Waals surface area contributed by atoms with Gasteiger partial charge in [-0.15, -0.1) is 0 Å². The van der Waals surface area contributed by atoms with E-state index in [0.29, 0.717) is 11.8 Å². The molecule has 0 bridgehead atoms. The van der Waals surface area contributed by atoms with Crippen molar-refractivity contribution in [2.24, 2.45) is 17.8 Å². The average molecular weight is 244 g/mol. The summed E-state index contributed by atoms with van der Waals surface area (Å²) in [7, 11) is -1.50. The lowest BCUT2D eigenvalue weighted by Crippen LogP contribution is -2.39. The first-order valence-corrected chi connectivity index (χ1v) is 9.71. The standard InChI is InChI=1S/C13H28O2Si/c1-10(2)13(15-16(5,6)7)12(4)8-11(3)9-14/h9-13H,8H2,1-7H3/t11?,12-,13-/m1/s1. The molecule has 3 heteroatoms. The lowest BCUT2D eigenvalue weighted by atomic mass is 9.88. The zero-order valence-corrected chi connectivity index (χ0v) is 12.9. The second-order valence-corrected chi connectivity index (χ2v) is 10.7. The normalized spacial score (nSPS) is 18.2. The number of rotatable bonds is 7. The lowest BCUT2D eigenvalue weighted by Gasteiger charge is -2.34. The van der Waals surface area contributed by atoms with Crippen molar-refractivity contribution in [3.63, 3.8) is 0 Å². The molecule has 0 aromatic rings. The van der Waals surface area contributed by atoms with Crippen molar-refractivity contribution < 1.29 is 9.22 Å². The predicted octanol–water partition coefficient (Wildman–Crippen LogP) is 3.72. The topological polar surface area (TPSA) is 26.3 Å². The van der Waals surface area contributed by atoms with E-state index in [1.54, 1.807) is 0 Å². The second kappa shape index (κ2) is 6.55. The van der Waals surface area contributed by atoms with Crippen LogP contribution in [0.1, 0.15) is 34.1 Å². The summed E-state index contributed by atoms with van der Waals surface area (Å²) in [4.78, 5) is 10.7. The third kappa shape index (κ3) is 6.43. The Balaban J connectivity index is 4.47. The SMILES string of the molecule is CC(C=O)C[C@@H](C)[C@H](O[Si](C)(C)C)C(C)C. The molecule has 0 fully saturated rings. The van der Waals surface area contributed by atoms with Gasteiger partial charge in [0.25, 0.3) is 0 Å². The number of carbonyl (C=O) groups excluding carboxylic acids is 1. The fraction of sp³-hybridized carbons (Fsp3) is 0.923. The summed E-state index contributed by atoms with van der Waals surface area (Å²) in [5.74, 6) is 1.11. The minimum Gasteiger partial charge on any atom is -0.414 e. The molecule has 2 nitrogen and oxygen atoms in total. The van der Waals surface area contributed by atoms with Gasteiger partial charge in [0.1, 0.15) is 6.29 Å². The minimum absolute atomic E-state index is 0.140. The molecule has 0 radical (unpaired) electrons. The van der Waals surface area contributed by atoms with Gasteiger partial charge in [0.05, 0.1) is 0 Å². The van der Waals surface area contributed by atoms with Gasteiger partial charge < -0.3 is 9.22 Å². The van der Waals surface area contributed by atoms with Crippen LogP contribution in [0.15, 0.2) is 0 Å². The highest BCUT2D eigenvalue weighted by Gasteiger charge is 2.28. The van der Waals surface area contributed by atoms with E-state index in [1.807, 2.05) is 6.92 Å². The van der Waals surface area contributed by atoms with E-state index < -0.39 is 8.32 Å². The summed E-state index contributed by atoms with van der Waals surface area (Å²) in [5.41, 5.74) is 0. The smallest absolute Gasteiger partial charge is 0.184 e. The van der Waals surface area contributed by atoms with Crippen LogP contribution >= 0.6 is 0 Å². The molecule has 0 heterocycles. The van der Waals surface area contributed by atoms with E-state index in [4.69, 9.17) is 4.43 Å². The summed E-state index contributed by atoms with van der Waals surface area (Å²) in [6.45, 7) is 15.2. The molecule has 0 saturated carbocycles. The number of hydrogen-bond donors (Lipinski definition) is 0. The first kappa shape index (κ1) is 15.8. The molecule has 0 saturated heterocycles. The van der Waals surface area contributed by atoms with Crippen LogP contribution in [0.4, 0.5) is 0 Å². The fourth-order valence-corrected chi connectivity index (χ4v) is 3.41. The molecule has 3 atom stereocenters. The Kier molecular flexibility index (Phi) is 6.49. The van der Waals surface area contributed by atoms with E-state index in [-0.39, 0.29) is 12.0 Å². The highest BCUT2D eigenvalue weighted by atomic mass is 28.4. The predicted molar refractivity (Wildman–Crippen MR) is 72.1 cm³/mol. The van der Waals surface area contributed by atoms with Crippen LogP contribution in [0.5, 0.6) is 0 Å². The molecule has 1 unspecified atom stereocenters. The summed E-state index contributed by atoms with van der Waals surface area (Å²) in [5, 5.41) is 0. The molecule has 0 spiro atoms. The molecule has 0 rings (SSSR count). The van der Waals surface area contributed by atoms with E-state index in [2.05, 4.69) is 40.4 Å². The van der Waals surface area contributed by atoms with Crippen LogP contribution in [0.3, 0.4) is 0 Å². The highest BCUT2D eigenvalue weighted by molar-refractivity contribution is 6.69. The summed E-state index contributed by atoms with van der Waals surface area (Å²) < 4.78 is 6.23. The Morgan fingerprint density at radius 1 is 1.12 bits per heavy atom.